The number of hydrogen-bond acceptors (Lipinski definition) is 4. The molecule has 17 heavy (non-hydrogen) atoms. The van der Waals surface area contributed by atoms with E-state index < -0.39 is 10.0 Å². The van der Waals surface area contributed by atoms with Crippen molar-refractivity contribution >= 4 is 26.0 Å². The Kier molecular flexibility index (Phi) is 3.70. The van der Waals surface area contributed by atoms with Crippen LogP contribution in [0, 0.1) is 5.92 Å². The van der Waals surface area contributed by atoms with E-state index in [9.17, 15) is 8.42 Å². The van der Waals surface area contributed by atoms with E-state index in [1.54, 1.807) is 0 Å². The summed E-state index contributed by atoms with van der Waals surface area (Å²) in [6.45, 7) is 0.484. The average molecular weight is 321 g/mol. The molecule has 0 bridgehead atoms. The number of pyridine rings is 1. The summed E-state index contributed by atoms with van der Waals surface area (Å²) in [6.07, 6.45) is 3.69. The molecule has 0 unspecified atom stereocenters. The Morgan fingerprint density at radius 2 is 2.29 bits per heavy atom. The monoisotopic (exact) mass is 320 g/mol. The number of nitrogens with one attached hydrogen (secondary N) is 1. The molecule has 0 saturated heterocycles. The molecule has 5 nitrogen and oxygen atoms in total. The molecular formula is C10H13BrN2O3S. The van der Waals surface area contributed by atoms with Crippen molar-refractivity contribution < 1.29 is 13.2 Å². The summed E-state index contributed by atoms with van der Waals surface area (Å²) in [5.74, 6) is 0.590. The van der Waals surface area contributed by atoms with Gasteiger partial charge in [-0.3, -0.25) is 0 Å². The van der Waals surface area contributed by atoms with Gasteiger partial charge in [-0.15, -0.1) is 0 Å². The molecule has 2 rings (SSSR count). The molecular weight excluding hydrogens is 308 g/mol. The van der Waals surface area contributed by atoms with Crippen LogP contribution in [-0.4, -0.2) is 27.1 Å². The summed E-state index contributed by atoms with van der Waals surface area (Å²) >= 11 is 3.20. The third-order valence-electron chi connectivity index (χ3n) is 2.53. The lowest BCUT2D eigenvalue weighted by Gasteiger charge is -2.09. The van der Waals surface area contributed by atoms with E-state index in [1.165, 1.54) is 19.4 Å². The number of nitrogens with zero attached hydrogens (tertiary/aromatic N) is 1. The van der Waals surface area contributed by atoms with Crippen molar-refractivity contribution in [1.29, 1.82) is 0 Å². The third-order valence-corrected chi connectivity index (χ3v) is 4.38. The van der Waals surface area contributed by atoms with E-state index in [1.807, 2.05) is 0 Å². The van der Waals surface area contributed by atoms with Crippen LogP contribution in [0.25, 0.3) is 0 Å². The Hall–Kier alpha value is -0.660. The maximum atomic E-state index is 12.0. The van der Waals surface area contributed by atoms with Crippen molar-refractivity contribution in [3.05, 3.63) is 16.7 Å². The minimum absolute atomic E-state index is 0.0648. The largest absolute Gasteiger partial charge is 0.480 e. The molecule has 1 aromatic rings. The smallest absolute Gasteiger partial charge is 0.245 e. The van der Waals surface area contributed by atoms with Crippen LogP contribution in [-0.2, 0) is 10.0 Å². The normalized spacial score (nSPS) is 15.9. The van der Waals surface area contributed by atoms with Crippen LogP contribution in [0.5, 0.6) is 5.88 Å². The first-order valence-electron chi connectivity index (χ1n) is 5.22. The Labute approximate surface area is 109 Å². The second kappa shape index (κ2) is 4.91. The van der Waals surface area contributed by atoms with Crippen LogP contribution in [0.2, 0.25) is 0 Å². The van der Waals surface area contributed by atoms with Gasteiger partial charge in [0.05, 0.1) is 7.11 Å². The van der Waals surface area contributed by atoms with Crippen LogP contribution in [0.3, 0.4) is 0 Å². The Morgan fingerprint density at radius 3 is 2.88 bits per heavy atom. The summed E-state index contributed by atoms with van der Waals surface area (Å²) < 4.78 is 32.2. The molecule has 0 amide bonds. The first kappa shape index (κ1) is 12.8. The van der Waals surface area contributed by atoms with Crippen molar-refractivity contribution in [3.63, 3.8) is 0 Å². The van der Waals surface area contributed by atoms with Gasteiger partial charge < -0.3 is 4.74 Å². The van der Waals surface area contributed by atoms with E-state index in [2.05, 4.69) is 25.6 Å². The van der Waals surface area contributed by atoms with Crippen molar-refractivity contribution in [3.8, 4) is 5.88 Å². The highest BCUT2D eigenvalue weighted by molar-refractivity contribution is 9.10. The molecule has 7 heteroatoms. The SMILES string of the molecule is COc1ncc(Br)cc1S(=O)(=O)NCC1CC1. The standard InChI is InChI=1S/C10H13BrN2O3S/c1-16-10-9(4-8(11)6-12-10)17(14,15)13-5-7-2-3-7/h4,6-7,13H,2-3,5H2,1H3. The zero-order chi connectivity index (χ0) is 12.5. The van der Waals surface area contributed by atoms with Crippen LogP contribution in [0.1, 0.15) is 12.8 Å². The third kappa shape index (κ3) is 3.17. The predicted octanol–water partition coefficient (Wildman–Crippen LogP) is 1.54. The summed E-state index contributed by atoms with van der Waals surface area (Å²) in [5, 5.41) is 0. The lowest BCUT2D eigenvalue weighted by Crippen LogP contribution is -2.26. The van der Waals surface area contributed by atoms with Crippen LogP contribution < -0.4 is 9.46 Å². The number of hydrogen-bond donors (Lipinski definition) is 1. The molecule has 1 aliphatic carbocycles. The highest BCUT2D eigenvalue weighted by atomic mass is 79.9. The Morgan fingerprint density at radius 1 is 1.59 bits per heavy atom. The second-order valence-electron chi connectivity index (χ2n) is 3.96. The van der Waals surface area contributed by atoms with Crippen molar-refractivity contribution in [2.75, 3.05) is 13.7 Å². The molecule has 1 heterocycles. The molecule has 0 spiro atoms. The molecule has 0 atom stereocenters. The van der Waals surface area contributed by atoms with Gasteiger partial charge in [0.2, 0.25) is 15.9 Å². The first-order valence-corrected chi connectivity index (χ1v) is 7.50. The Bertz CT molecular complexity index is 514. The lowest BCUT2D eigenvalue weighted by molar-refractivity contribution is 0.384. The van der Waals surface area contributed by atoms with Gasteiger partial charge in [0.25, 0.3) is 0 Å². The molecule has 1 aromatic heterocycles. The fourth-order valence-electron chi connectivity index (χ4n) is 1.38. The summed E-state index contributed by atoms with van der Waals surface area (Å²) in [5.41, 5.74) is 0. The molecule has 1 N–H and O–H groups in total. The van der Waals surface area contributed by atoms with Crippen LogP contribution >= 0.6 is 15.9 Å². The number of rotatable bonds is 5. The second-order valence-corrected chi connectivity index (χ2v) is 6.61. The van der Waals surface area contributed by atoms with Crippen molar-refractivity contribution in [2.24, 2.45) is 5.92 Å². The van der Waals surface area contributed by atoms with Gasteiger partial charge in [-0.2, -0.15) is 0 Å². The summed E-state index contributed by atoms with van der Waals surface area (Å²) in [7, 11) is -2.15. The molecule has 0 aromatic carbocycles. The van der Waals surface area contributed by atoms with E-state index in [0.29, 0.717) is 16.9 Å². The van der Waals surface area contributed by atoms with Gasteiger partial charge in [0, 0.05) is 17.2 Å². The van der Waals surface area contributed by atoms with Gasteiger partial charge in [0.15, 0.2) is 0 Å². The van der Waals surface area contributed by atoms with Crippen LogP contribution in [0.4, 0.5) is 0 Å². The summed E-state index contributed by atoms with van der Waals surface area (Å²) in [4.78, 5) is 3.98. The number of sulfonamides is 1. The number of methoxy groups -OCH3 is 1. The highest BCUT2D eigenvalue weighted by Crippen LogP contribution is 2.29. The molecule has 1 fully saturated rings. The molecule has 1 saturated carbocycles. The number of halogens is 1. The van der Waals surface area contributed by atoms with Gasteiger partial charge in [0.1, 0.15) is 4.90 Å². The molecule has 0 radical (unpaired) electrons. The van der Waals surface area contributed by atoms with E-state index in [0.717, 1.165) is 12.8 Å². The first-order chi connectivity index (χ1) is 8.03. The number of ether oxygens (including phenoxy) is 1. The molecule has 94 valence electrons. The fraction of sp³-hybridized carbons (Fsp3) is 0.500. The maximum Gasteiger partial charge on any atom is 0.245 e. The summed E-state index contributed by atoms with van der Waals surface area (Å²) in [6, 6.07) is 1.49. The van der Waals surface area contributed by atoms with Crippen molar-refractivity contribution in [1.82, 2.24) is 9.71 Å². The van der Waals surface area contributed by atoms with Crippen molar-refractivity contribution in [2.45, 2.75) is 17.7 Å². The minimum atomic E-state index is -3.55. The van der Waals surface area contributed by atoms with Gasteiger partial charge >= 0.3 is 0 Å². The zero-order valence-electron chi connectivity index (χ0n) is 9.31. The zero-order valence-corrected chi connectivity index (χ0v) is 11.7. The van der Waals surface area contributed by atoms with Gasteiger partial charge in [-0.05, 0) is 40.8 Å². The number of aromatic nitrogens is 1. The highest BCUT2D eigenvalue weighted by Gasteiger charge is 2.26. The minimum Gasteiger partial charge on any atom is -0.480 e. The van der Waals surface area contributed by atoms with E-state index >= 15 is 0 Å². The van der Waals surface area contributed by atoms with Gasteiger partial charge in [-0.25, -0.2) is 18.1 Å². The van der Waals surface area contributed by atoms with Crippen LogP contribution in [0.15, 0.2) is 21.6 Å². The fourth-order valence-corrected chi connectivity index (χ4v) is 3.12. The van der Waals surface area contributed by atoms with E-state index in [-0.39, 0.29) is 10.8 Å². The van der Waals surface area contributed by atoms with Gasteiger partial charge in [-0.1, -0.05) is 0 Å². The lowest BCUT2D eigenvalue weighted by atomic mass is 10.4. The molecule has 0 aliphatic heterocycles. The quantitative estimate of drug-likeness (QED) is 0.893. The Balaban J connectivity index is 2.26. The topological polar surface area (TPSA) is 68.3 Å². The predicted molar refractivity (Wildman–Crippen MR) is 66.4 cm³/mol. The average Bonchev–Trinajstić information content (AvgIpc) is 3.10. The maximum absolute atomic E-state index is 12.0. The molecule has 1 aliphatic rings. The van der Waals surface area contributed by atoms with E-state index in [4.69, 9.17) is 4.74 Å².